The van der Waals surface area contributed by atoms with Crippen LogP contribution in [0.3, 0.4) is 0 Å². The molecule has 70 valence electrons. The highest BCUT2D eigenvalue weighted by molar-refractivity contribution is 5.04. The Labute approximate surface area is 77.5 Å². The largest absolute Gasteiger partial charge is 0.339 e. The zero-order valence-corrected chi connectivity index (χ0v) is 7.86. The van der Waals surface area contributed by atoms with Crippen molar-refractivity contribution in [1.82, 2.24) is 10.1 Å². The first-order valence-corrected chi connectivity index (χ1v) is 5.13. The molecule has 0 N–H and O–H groups in total. The maximum Gasteiger partial charge on any atom is 0.230 e. The number of aryl methyl sites for hydroxylation is 1. The van der Waals surface area contributed by atoms with Crippen LogP contribution in [0.2, 0.25) is 0 Å². The van der Waals surface area contributed by atoms with Gasteiger partial charge in [-0.25, -0.2) is 0 Å². The Bertz CT molecular complexity index is 320. The third kappa shape index (κ3) is 1.10. The van der Waals surface area contributed by atoms with E-state index in [-0.39, 0.29) is 0 Å². The molecule has 1 heterocycles. The van der Waals surface area contributed by atoms with Crippen molar-refractivity contribution in [3.8, 4) is 0 Å². The Morgan fingerprint density at radius 3 is 2.77 bits per heavy atom. The van der Waals surface area contributed by atoms with E-state index >= 15 is 0 Å². The van der Waals surface area contributed by atoms with Crippen LogP contribution in [-0.4, -0.2) is 10.1 Å². The fraction of sp³-hybridized carbons (Fsp3) is 0.800. The fourth-order valence-corrected chi connectivity index (χ4v) is 3.01. The van der Waals surface area contributed by atoms with Crippen LogP contribution in [0.5, 0.6) is 0 Å². The topological polar surface area (TPSA) is 38.9 Å². The van der Waals surface area contributed by atoms with Gasteiger partial charge in [-0.3, -0.25) is 0 Å². The SMILES string of the molecule is Cc1noc(C2CC3CCC2C3)n1. The molecule has 0 aromatic carbocycles. The minimum Gasteiger partial charge on any atom is -0.339 e. The molecule has 3 heteroatoms. The van der Waals surface area contributed by atoms with Crippen molar-refractivity contribution in [3.05, 3.63) is 11.7 Å². The molecule has 0 saturated heterocycles. The lowest BCUT2D eigenvalue weighted by atomic mass is 9.89. The van der Waals surface area contributed by atoms with E-state index in [1.54, 1.807) is 0 Å². The summed E-state index contributed by atoms with van der Waals surface area (Å²) in [7, 11) is 0. The molecule has 3 unspecified atom stereocenters. The van der Waals surface area contributed by atoms with E-state index in [0.29, 0.717) is 5.92 Å². The lowest BCUT2D eigenvalue weighted by Crippen LogP contribution is -2.08. The van der Waals surface area contributed by atoms with Crippen molar-refractivity contribution in [3.63, 3.8) is 0 Å². The summed E-state index contributed by atoms with van der Waals surface area (Å²) in [5.74, 6) is 4.04. The van der Waals surface area contributed by atoms with Gasteiger partial charge in [0.15, 0.2) is 5.82 Å². The zero-order valence-electron chi connectivity index (χ0n) is 7.86. The molecule has 0 aliphatic heterocycles. The molecule has 1 aromatic rings. The summed E-state index contributed by atoms with van der Waals surface area (Å²) in [6, 6.07) is 0. The summed E-state index contributed by atoms with van der Waals surface area (Å²) >= 11 is 0. The lowest BCUT2D eigenvalue weighted by molar-refractivity contribution is 0.301. The van der Waals surface area contributed by atoms with Crippen molar-refractivity contribution in [1.29, 1.82) is 0 Å². The zero-order chi connectivity index (χ0) is 8.84. The predicted molar refractivity (Wildman–Crippen MR) is 47.2 cm³/mol. The van der Waals surface area contributed by atoms with Crippen molar-refractivity contribution < 1.29 is 4.52 Å². The van der Waals surface area contributed by atoms with Gasteiger partial charge in [0, 0.05) is 5.92 Å². The molecule has 0 amide bonds. The summed E-state index contributed by atoms with van der Waals surface area (Å²) in [6.07, 6.45) is 5.48. The molecule has 0 radical (unpaired) electrons. The summed E-state index contributed by atoms with van der Waals surface area (Å²) in [5, 5.41) is 3.86. The highest BCUT2D eigenvalue weighted by atomic mass is 16.5. The van der Waals surface area contributed by atoms with Crippen LogP contribution in [0.25, 0.3) is 0 Å². The Balaban J connectivity index is 1.87. The van der Waals surface area contributed by atoms with Crippen LogP contribution in [-0.2, 0) is 0 Å². The van der Waals surface area contributed by atoms with Gasteiger partial charge < -0.3 is 4.52 Å². The maximum atomic E-state index is 5.24. The minimum atomic E-state index is 0.583. The first kappa shape index (κ1) is 7.54. The molecule has 1 aromatic heterocycles. The van der Waals surface area contributed by atoms with E-state index < -0.39 is 0 Å². The second-order valence-corrected chi connectivity index (χ2v) is 4.46. The van der Waals surface area contributed by atoms with Crippen LogP contribution in [0.15, 0.2) is 4.52 Å². The van der Waals surface area contributed by atoms with Gasteiger partial charge in [0.2, 0.25) is 5.89 Å². The van der Waals surface area contributed by atoms with Gasteiger partial charge in [-0.2, -0.15) is 4.98 Å². The highest BCUT2D eigenvalue weighted by Gasteiger charge is 2.42. The summed E-state index contributed by atoms with van der Waals surface area (Å²) < 4.78 is 5.24. The summed E-state index contributed by atoms with van der Waals surface area (Å²) in [5.41, 5.74) is 0. The molecular formula is C10H14N2O. The van der Waals surface area contributed by atoms with Gasteiger partial charge in [-0.1, -0.05) is 11.6 Å². The van der Waals surface area contributed by atoms with E-state index in [2.05, 4.69) is 10.1 Å². The molecule has 2 aliphatic carbocycles. The third-order valence-corrected chi connectivity index (χ3v) is 3.60. The van der Waals surface area contributed by atoms with E-state index in [1.165, 1.54) is 25.7 Å². The Hall–Kier alpha value is -0.860. The van der Waals surface area contributed by atoms with Crippen molar-refractivity contribution in [2.45, 2.75) is 38.5 Å². The molecule has 3 nitrogen and oxygen atoms in total. The molecule has 0 spiro atoms. The highest BCUT2D eigenvalue weighted by Crippen LogP contribution is 2.52. The van der Waals surface area contributed by atoms with Gasteiger partial charge in [0.1, 0.15) is 0 Å². The smallest absolute Gasteiger partial charge is 0.230 e. The number of aromatic nitrogens is 2. The van der Waals surface area contributed by atoms with Crippen molar-refractivity contribution in [2.24, 2.45) is 11.8 Å². The van der Waals surface area contributed by atoms with E-state index in [0.717, 1.165) is 23.6 Å². The van der Waals surface area contributed by atoms with E-state index in [1.807, 2.05) is 6.92 Å². The Morgan fingerprint density at radius 1 is 1.31 bits per heavy atom. The summed E-state index contributed by atoms with van der Waals surface area (Å²) in [6.45, 7) is 1.89. The van der Waals surface area contributed by atoms with Gasteiger partial charge in [0.05, 0.1) is 0 Å². The minimum absolute atomic E-state index is 0.583. The standard InChI is InChI=1S/C10H14N2O/c1-6-11-10(13-12-6)9-5-7-2-3-8(9)4-7/h7-9H,2-5H2,1H3. The summed E-state index contributed by atoms with van der Waals surface area (Å²) in [4.78, 5) is 4.33. The van der Waals surface area contributed by atoms with Gasteiger partial charge >= 0.3 is 0 Å². The fourth-order valence-electron chi connectivity index (χ4n) is 3.01. The van der Waals surface area contributed by atoms with Gasteiger partial charge in [0.25, 0.3) is 0 Å². The molecule has 2 aliphatic rings. The number of rotatable bonds is 1. The average molecular weight is 178 g/mol. The second kappa shape index (κ2) is 2.56. The average Bonchev–Trinajstić information content (AvgIpc) is 2.77. The van der Waals surface area contributed by atoms with Crippen LogP contribution >= 0.6 is 0 Å². The molecule has 2 fully saturated rings. The number of hydrogen-bond acceptors (Lipinski definition) is 3. The molecular weight excluding hydrogens is 164 g/mol. The maximum absolute atomic E-state index is 5.24. The number of fused-ring (bicyclic) bond motifs is 2. The number of nitrogens with zero attached hydrogens (tertiary/aromatic N) is 2. The quantitative estimate of drug-likeness (QED) is 0.662. The van der Waals surface area contributed by atoms with Gasteiger partial charge in [-0.15, -0.1) is 0 Å². The van der Waals surface area contributed by atoms with Crippen LogP contribution in [0.1, 0.15) is 43.3 Å². The van der Waals surface area contributed by atoms with Gasteiger partial charge in [-0.05, 0) is 38.0 Å². The second-order valence-electron chi connectivity index (χ2n) is 4.46. The monoisotopic (exact) mass is 178 g/mol. The van der Waals surface area contributed by atoms with Crippen LogP contribution < -0.4 is 0 Å². The predicted octanol–water partition coefficient (Wildman–Crippen LogP) is 2.28. The van der Waals surface area contributed by atoms with Crippen LogP contribution in [0.4, 0.5) is 0 Å². The first-order valence-electron chi connectivity index (χ1n) is 5.13. The van der Waals surface area contributed by atoms with Crippen LogP contribution in [0, 0.1) is 18.8 Å². The first-order chi connectivity index (χ1) is 6.33. The van der Waals surface area contributed by atoms with Crippen molar-refractivity contribution in [2.75, 3.05) is 0 Å². The van der Waals surface area contributed by atoms with E-state index in [9.17, 15) is 0 Å². The lowest BCUT2D eigenvalue weighted by Gasteiger charge is -2.16. The molecule has 2 bridgehead atoms. The molecule has 3 rings (SSSR count). The molecule has 3 atom stereocenters. The third-order valence-electron chi connectivity index (χ3n) is 3.60. The molecule has 13 heavy (non-hydrogen) atoms. The van der Waals surface area contributed by atoms with Crippen molar-refractivity contribution >= 4 is 0 Å². The normalized spacial score (nSPS) is 37.2. The molecule has 2 saturated carbocycles. The Morgan fingerprint density at radius 2 is 2.23 bits per heavy atom. The number of hydrogen-bond donors (Lipinski definition) is 0. The van der Waals surface area contributed by atoms with E-state index in [4.69, 9.17) is 4.52 Å². The Kier molecular flexibility index (Phi) is 1.49.